The monoisotopic (exact) mass is 456 g/mol. The van der Waals surface area contributed by atoms with Crippen LogP contribution in [0.3, 0.4) is 0 Å². The SMILES string of the molecule is CC(C)Oc1ccc(CNC(=O)c2cc(S(=O)(=O)NC3CC3)c(Cl)cc2Cl)cc1. The van der Waals surface area contributed by atoms with E-state index in [0.717, 1.165) is 24.2 Å². The van der Waals surface area contributed by atoms with E-state index in [2.05, 4.69) is 10.0 Å². The zero-order valence-corrected chi connectivity index (χ0v) is 18.4. The predicted octanol–water partition coefficient (Wildman–Crippen LogP) is 4.15. The van der Waals surface area contributed by atoms with E-state index < -0.39 is 15.9 Å². The molecule has 1 saturated carbocycles. The molecule has 1 fully saturated rings. The number of hydrogen-bond donors (Lipinski definition) is 2. The molecule has 156 valence electrons. The molecule has 0 atom stereocenters. The lowest BCUT2D eigenvalue weighted by Gasteiger charge is -2.12. The molecule has 1 aliphatic carbocycles. The fraction of sp³-hybridized carbons (Fsp3) is 0.350. The number of nitrogens with one attached hydrogen (secondary N) is 2. The van der Waals surface area contributed by atoms with Gasteiger partial charge in [-0.1, -0.05) is 35.3 Å². The lowest BCUT2D eigenvalue weighted by Crippen LogP contribution is -2.27. The van der Waals surface area contributed by atoms with Gasteiger partial charge in [0, 0.05) is 12.6 Å². The number of benzene rings is 2. The van der Waals surface area contributed by atoms with Gasteiger partial charge in [-0.3, -0.25) is 4.79 Å². The molecule has 2 aromatic carbocycles. The van der Waals surface area contributed by atoms with Crippen molar-refractivity contribution in [2.24, 2.45) is 0 Å². The summed E-state index contributed by atoms with van der Waals surface area (Å²) < 4.78 is 33.1. The van der Waals surface area contributed by atoms with Gasteiger partial charge < -0.3 is 10.1 Å². The van der Waals surface area contributed by atoms with Crippen LogP contribution in [0.15, 0.2) is 41.3 Å². The molecule has 0 unspecified atom stereocenters. The Morgan fingerprint density at radius 2 is 1.79 bits per heavy atom. The minimum atomic E-state index is -3.82. The first kappa shape index (κ1) is 21.9. The van der Waals surface area contributed by atoms with Crippen molar-refractivity contribution in [3.05, 3.63) is 57.6 Å². The van der Waals surface area contributed by atoms with E-state index >= 15 is 0 Å². The Morgan fingerprint density at radius 3 is 2.38 bits per heavy atom. The summed E-state index contributed by atoms with van der Waals surface area (Å²) in [5, 5.41) is 2.80. The zero-order valence-electron chi connectivity index (χ0n) is 16.0. The van der Waals surface area contributed by atoms with Gasteiger partial charge in [0.05, 0.1) is 21.7 Å². The lowest BCUT2D eigenvalue weighted by atomic mass is 10.2. The van der Waals surface area contributed by atoms with Crippen LogP contribution in [0.1, 0.15) is 42.6 Å². The Labute approximate surface area is 180 Å². The van der Waals surface area contributed by atoms with Gasteiger partial charge >= 0.3 is 0 Å². The van der Waals surface area contributed by atoms with Gasteiger partial charge in [0.1, 0.15) is 10.6 Å². The molecule has 0 saturated heterocycles. The molecule has 1 amide bonds. The van der Waals surface area contributed by atoms with Crippen molar-refractivity contribution >= 4 is 39.1 Å². The number of hydrogen-bond acceptors (Lipinski definition) is 4. The topological polar surface area (TPSA) is 84.5 Å². The molecule has 0 bridgehead atoms. The summed E-state index contributed by atoms with van der Waals surface area (Å²) in [5.41, 5.74) is 0.912. The second kappa shape index (κ2) is 8.92. The largest absolute Gasteiger partial charge is 0.491 e. The molecule has 0 aromatic heterocycles. The lowest BCUT2D eigenvalue weighted by molar-refractivity contribution is 0.0951. The number of carbonyl (C=O) groups excluding carboxylic acids is 1. The third kappa shape index (κ3) is 5.85. The highest BCUT2D eigenvalue weighted by atomic mass is 35.5. The molecule has 9 heteroatoms. The van der Waals surface area contributed by atoms with E-state index in [1.807, 2.05) is 38.1 Å². The van der Waals surface area contributed by atoms with Crippen LogP contribution >= 0.6 is 23.2 Å². The van der Waals surface area contributed by atoms with Crippen molar-refractivity contribution in [3.8, 4) is 5.75 Å². The average Bonchev–Trinajstić information content (AvgIpc) is 3.43. The normalized spacial score (nSPS) is 14.1. The molecular weight excluding hydrogens is 435 g/mol. The highest BCUT2D eigenvalue weighted by molar-refractivity contribution is 7.89. The van der Waals surface area contributed by atoms with Crippen LogP contribution < -0.4 is 14.8 Å². The second-order valence-corrected chi connectivity index (χ2v) is 9.65. The van der Waals surface area contributed by atoms with Crippen molar-refractivity contribution in [2.75, 3.05) is 0 Å². The number of rotatable bonds is 8. The molecule has 2 aromatic rings. The van der Waals surface area contributed by atoms with Crippen LogP contribution in [0.25, 0.3) is 0 Å². The Kier molecular flexibility index (Phi) is 6.73. The number of sulfonamides is 1. The highest BCUT2D eigenvalue weighted by Crippen LogP contribution is 2.30. The van der Waals surface area contributed by atoms with Gasteiger partial charge in [0.25, 0.3) is 5.91 Å². The number of halogens is 2. The minimum absolute atomic E-state index is 0.0274. The van der Waals surface area contributed by atoms with Crippen LogP contribution in [-0.2, 0) is 16.6 Å². The fourth-order valence-electron chi connectivity index (χ4n) is 2.63. The molecule has 0 radical (unpaired) electrons. The van der Waals surface area contributed by atoms with Gasteiger partial charge in [0.2, 0.25) is 10.0 Å². The van der Waals surface area contributed by atoms with Crippen LogP contribution in [0.4, 0.5) is 0 Å². The van der Waals surface area contributed by atoms with Gasteiger partial charge in [-0.2, -0.15) is 0 Å². The van der Waals surface area contributed by atoms with E-state index in [1.54, 1.807) is 0 Å². The molecule has 0 spiro atoms. The predicted molar refractivity (Wildman–Crippen MR) is 113 cm³/mol. The summed E-state index contributed by atoms with van der Waals surface area (Å²) in [6, 6.07) is 9.75. The van der Waals surface area contributed by atoms with Crippen molar-refractivity contribution in [2.45, 2.75) is 50.3 Å². The first-order chi connectivity index (χ1) is 13.7. The van der Waals surface area contributed by atoms with E-state index in [4.69, 9.17) is 27.9 Å². The highest BCUT2D eigenvalue weighted by Gasteiger charge is 2.30. The maximum Gasteiger partial charge on any atom is 0.253 e. The summed E-state index contributed by atoms with van der Waals surface area (Å²) in [6.07, 6.45) is 1.66. The van der Waals surface area contributed by atoms with E-state index in [1.165, 1.54) is 12.1 Å². The first-order valence-corrected chi connectivity index (χ1v) is 11.4. The van der Waals surface area contributed by atoms with Crippen molar-refractivity contribution in [3.63, 3.8) is 0 Å². The van der Waals surface area contributed by atoms with Crippen molar-refractivity contribution in [1.29, 1.82) is 0 Å². The molecule has 6 nitrogen and oxygen atoms in total. The Bertz CT molecular complexity index is 1000. The molecule has 0 heterocycles. The number of amides is 1. The fourth-order valence-corrected chi connectivity index (χ4v) is 4.79. The van der Waals surface area contributed by atoms with E-state index in [-0.39, 0.29) is 39.2 Å². The van der Waals surface area contributed by atoms with E-state index in [0.29, 0.717) is 0 Å². The quantitative estimate of drug-likeness (QED) is 0.624. The maximum absolute atomic E-state index is 12.6. The molecule has 3 rings (SSSR count). The molecule has 2 N–H and O–H groups in total. The van der Waals surface area contributed by atoms with Gasteiger partial charge in [-0.05, 0) is 56.5 Å². The van der Waals surface area contributed by atoms with Gasteiger partial charge in [0.15, 0.2) is 0 Å². The van der Waals surface area contributed by atoms with Crippen molar-refractivity contribution < 1.29 is 17.9 Å². The standard InChI is InChI=1S/C20H22Cl2N2O4S/c1-12(2)28-15-7-3-13(4-8-15)11-23-20(25)16-9-19(18(22)10-17(16)21)29(26,27)24-14-5-6-14/h3-4,7-10,12,14,24H,5-6,11H2,1-2H3,(H,23,25). The number of ether oxygens (including phenoxy) is 1. The zero-order chi connectivity index (χ0) is 21.2. The molecular formula is C20H22Cl2N2O4S. The average molecular weight is 457 g/mol. The van der Waals surface area contributed by atoms with E-state index in [9.17, 15) is 13.2 Å². The van der Waals surface area contributed by atoms with Crippen LogP contribution in [-0.4, -0.2) is 26.5 Å². The third-order valence-corrected chi connectivity index (χ3v) is 6.50. The summed E-state index contributed by atoms with van der Waals surface area (Å²) in [4.78, 5) is 12.4. The smallest absolute Gasteiger partial charge is 0.253 e. The summed E-state index contributed by atoms with van der Waals surface area (Å²) in [6.45, 7) is 4.14. The summed E-state index contributed by atoms with van der Waals surface area (Å²) in [5.74, 6) is 0.255. The van der Waals surface area contributed by atoms with Crippen LogP contribution in [0, 0.1) is 0 Å². The van der Waals surface area contributed by atoms with Crippen molar-refractivity contribution in [1.82, 2.24) is 10.0 Å². The van der Waals surface area contributed by atoms with Crippen LogP contribution in [0.2, 0.25) is 10.0 Å². The molecule has 29 heavy (non-hydrogen) atoms. The van der Waals surface area contributed by atoms with Gasteiger partial charge in [-0.25, -0.2) is 13.1 Å². The molecule has 0 aliphatic heterocycles. The van der Waals surface area contributed by atoms with Crippen LogP contribution in [0.5, 0.6) is 5.75 Å². The Balaban J connectivity index is 1.72. The summed E-state index contributed by atoms with van der Waals surface area (Å²) >= 11 is 12.2. The minimum Gasteiger partial charge on any atom is -0.491 e. The molecule has 1 aliphatic rings. The third-order valence-electron chi connectivity index (χ3n) is 4.20. The van der Waals surface area contributed by atoms with Gasteiger partial charge in [-0.15, -0.1) is 0 Å². The Morgan fingerprint density at radius 1 is 1.14 bits per heavy atom. The second-order valence-electron chi connectivity index (χ2n) is 7.15. The first-order valence-electron chi connectivity index (χ1n) is 9.21. The Hall–Kier alpha value is -1.80. The summed E-state index contributed by atoms with van der Waals surface area (Å²) in [7, 11) is -3.82. The number of carbonyl (C=O) groups is 1. The maximum atomic E-state index is 12.6.